The van der Waals surface area contributed by atoms with Crippen LogP contribution in [0.25, 0.3) is 22.8 Å². The highest BCUT2D eigenvalue weighted by atomic mass is 79.9. The number of rotatable bonds is 4. The Morgan fingerprint density at radius 1 is 0.191 bits per heavy atom. The van der Waals surface area contributed by atoms with Crippen LogP contribution in [0.15, 0.2) is 210 Å². The van der Waals surface area contributed by atoms with E-state index >= 15 is 19.2 Å². The zero-order valence-corrected chi connectivity index (χ0v) is 93.2. The first-order chi connectivity index (χ1) is 65.4. The third-order valence-corrected chi connectivity index (χ3v) is 23.6. The van der Waals surface area contributed by atoms with Crippen LogP contribution >= 0.6 is 273 Å². The molecule has 8 aliphatic heterocycles. The molecule has 4 amide bonds. The molecule has 8 aromatic rings. The number of ether oxygens (including phenoxy) is 8. The molecule has 38 heteroatoms. The van der Waals surface area contributed by atoms with E-state index < -0.39 is 25.8 Å². The molecule has 0 radical (unpaired) electrons. The Kier molecular flexibility index (Phi) is 52.3. The number of nitrogens with zero attached hydrogens (tertiary/aromatic N) is 4. The fourth-order valence-corrected chi connectivity index (χ4v) is 17.0. The third kappa shape index (κ3) is 35.2. The fourth-order valence-electron chi connectivity index (χ4n) is 15.9. The third-order valence-electron chi connectivity index (χ3n) is 21.4. The van der Waals surface area contributed by atoms with Crippen molar-refractivity contribution < 1.29 is 57.1 Å². The standard InChI is InChI=1S/2C46H46Br2N2O6.6CHCl3/c2*47-33-23-19-31(20-24-33)41-39-40-42(32-21-25-34(48)26-22-32)50(46(39)52)44-36-16-14-18-38(44)56-30-12-8-4-3-7-11-29-55-37-17-13-15-35(43(37)49(41)45(40)51)53-27-9-5-1-2-6-10-28-54-36;6*2-1(3)4/h2*13-26H,1-12,27-30H2;6*1H. The quantitative estimate of drug-likeness (QED) is 0.154. The van der Waals surface area contributed by atoms with Gasteiger partial charge in [-0.1, -0.05) is 448 Å². The van der Waals surface area contributed by atoms with Gasteiger partial charge in [-0.15, -0.1) is 0 Å². The van der Waals surface area contributed by atoms with Crippen LogP contribution in [0, 0.1) is 0 Å². The Morgan fingerprint density at radius 3 is 0.434 bits per heavy atom. The van der Waals surface area contributed by atoms with Gasteiger partial charge in [0, 0.05) is 17.9 Å². The van der Waals surface area contributed by atoms with Gasteiger partial charge in [-0.05, 0) is 171 Å². The van der Waals surface area contributed by atoms with Gasteiger partial charge in [-0.25, -0.2) is 0 Å². The van der Waals surface area contributed by atoms with Gasteiger partial charge in [0.15, 0.2) is 25.8 Å². The van der Waals surface area contributed by atoms with Crippen LogP contribution in [0.4, 0.5) is 22.7 Å². The number of alkyl halides is 18. The molecule has 8 aromatic carbocycles. The summed E-state index contributed by atoms with van der Waals surface area (Å²) in [6.07, 6.45) is 23.9. The van der Waals surface area contributed by atoms with Crippen molar-refractivity contribution in [2.45, 2.75) is 180 Å². The second kappa shape index (κ2) is 61.4. The summed E-state index contributed by atoms with van der Waals surface area (Å²) in [4.78, 5) is 69.3. The molecule has 0 aromatic heterocycles. The van der Waals surface area contributed by atoms with Gasteiger partial charge >= 0.3 is 0 Å². The lowest BCUT2D eigenvalue weighted by Crippen LogP contribution is -2.31. The summed E-state index contributed by atoms with van der Waals surface area (Å²) < 4.78 is 51.7. The van der Waals surface area contributed by atoms with Crippen LogP contribution < -0.4 is 57.5 Å². The topological polar surface area (TPSA) is 155 Å². The van der Waals surface area contributed by atoms with Crippen LogP contribution in [0.3, 0.4) is 0 Å². The second-order valence-corrected chi connectivity index (χ2v) is 46.2. The summed E-state index contributed by atoms with van der Waals surface area (Å²) in [6.45, 7) is 3.92. The van der Waals surface area contributed by atoms with Crippen LogP contribution in [0.2, 0.25) is 0 Å². The highest BCUT2D eigenvalue weighted by Gasteiger charge is 2.54. The number of amides is 4. The Morgan fingerprint density at radius 2 is 0.309 bits per heavy atom. The monoisotopic (exact) mass is 2470 g/mol. The molecular weight excluding hydrogens is 2380 g/mol. The van der Waals surface area contributed by atoms with Crippen molar-refractivity contribution in [1.29, 1.82) is 0 Å². The normalized spacial score (nSPS) is 16.9. The average Bonchev–Trinajstić information content (AvgIpc) is 1.54. The van der Waals surface area contributed by atoms with Crippen molar-refractivity contribution >= 4 is 342 Å². The van der Waals surface area contributed by atoms with E-state index in [9.17, 15) is 0 Å². The highest BCUT2D eigenvalue weighted by Crippen LogP contribution is 2.59. The maximum atomic E-state index is 15.7. The Labute approximate surface area is 919 Å². The summed E-state index contributed by atoms with van der Waals surface area (Å²) >= 11 is 101. The predicted molar refractivity (Wildman–Crippen MR) is 583 cm³/mol. The van der Waals surface area contributed by atoms with Crippen molar-refractivity contribution in [2.75, 3.05) is 72.5 Å². The van der Waals surface area contributed by atoms with E-state index in [1.54, 1.807) is 19.6 Å². The van der Waals surface area contributed by atoms with E-state index in [-0.39, 0.29) is 23.6 Å². The van der Waals surface area contributed by atoms with Gasteiger partial charge < -0.3 is 37.9 Å². The molecule has 16 rings (SSSR count). The van der Waals surface area contributed by atoms with Gasteiger partial charge in [-0.2, -0.15) is 0 Å². The van der Waals surface area contributed by atoms with Gasteiger partial charge in [0.05, 0.1) is 97.9 Å². The zero-order chi connectivity index (χ0) is 98.3. The second-order valence-electron chi connectivity index (χ2n) is 30.7. The molecule has 0 saturated carbocycles. The fraction of sp³-hybridized carbons (Fsp3) is 0.388. The van der Waals surface area contributed by atoms with Crippen LogP contribution in [0.1, 0.15) is 176 Å². The predicted octanol–water partition coefficient (Wildman–Crippen LogP) is 35.2. The summed E-state index contributed by atoms with van der Waals surface area (Å²) in [5.41, 5.74) is 7.90. The van der Waals surface area contributed by atoms with Crippen molar-refractivity contribution in [2.24, 2.45) is 0 Å². The van der Waals surface area contributed by atoms with Gasteiger partial charge in [0.2, 0.25) is 0 Å². The van der Waals surface area contributed by atoms with Crippen molar-refractivity contribution in [1.82, 2.24) is 0 Å². The van der Waals surface area contributed by atoms with Crippen molar-refractivity contribution in [3.8, 4) is 46.0 Å². The number of carbonyl (C=O) groups excluding carboxylic acids is 4. The number of hydrogen-bond acceptors (Lipinski definition) is 12. The molecule has 0 N–H and O–H groups in total. The molecule has 0 atom stereocenters. The smallest absolute Gasteiger partial charge is 0.266 e. The van der Waals surface area contributed by atoms with E-state index in [1.165, 1.54) is 0 Å². The summed E-state index contributed by atoms with van der Waals surface area (Å²) in [6, 6.07) is 53.8. The molecule has 12 bridgehead atoms. The number of halogens is 22. The molecule has 8 aliphatic rings. The van der Waals surface area contributed by atoms with E-state index in [1.807, 2.05) is 170 Å². The number of hydrogen-bond donors (Lipinski definition) is 0. The maximum Gasteiger partial charge on any atom is 0.266 e. The number of anilines is 4. The number of carbonyl (C=O) groups is 4. The molecule has 0 saturated heterocycles. The average molecular weight is 2480 g/mol. The molecule has 0 aliphatic carbocycles. The summed E-state index contributed by atoms with van der Waals surface area (Å²) in [5.74, 6) is 2.96. The van der Waals surface area contributed by atoms with E-state index in [0.29, 0.717) is 189 Å². The van der Waals surface area contributed by atoms with E-state index in [2.05, 4.69) is 63.7 Å². The Hall–Kier alpha value is -3.86. The lowest BCUT2D eigenvalue weighted by Gasteiger charge is -2.29. The lowest BCUT2D eigenvalue weighted by molar-refractivity contribution is -0.115. The number of para-hydroxylation sites is 4. The summed E-state index contributed by atoms with van der Waals surface area (Å²) in [5, 5.41) is 0. The summed E-state index contributed by atoms with van der Waals surface area (Å²) in [7, 11) is 0. The van der Waals surface area contributed by atoms with E-state index in [4.69, 9.17) is 247 Å². The maximum absolute atomic E-state index is 15.7. The molecule has 16 nitrogen and oxygen atoms in total. The minimum atomic E-state index is -0.750. The van der Waals surface area contributed by atoms with Crippen molar-refractivity contribution in [3.63, 3.8) is 0 Å². The first-order valence-corrected chi connectivity index (χ1v) is 54.9. The first-order valence-electron chi connectivity index (χ1n) is 43.9. The molecule has 0 unspecified atom stereocenters. The van der Waals surface area contributed by atoms with Crippen LogP contribution in [0.5, 0.6) is 46.0 Å². The lowest BCUT2D eigenvalue weighted by atomic mass is 10.0. The Bertz CT molecular complexity index is 4520. The zero-order valence-electron chi connectivity index (χ0n) is 73.3. The molecule has 736 valence electrons. The molecule has 0 fully saturated rings. The van der Waals surface area contributed by atoms with Gasteiger partial charge in [0.1, 0.15) is 68.7 Å². The van der Waals surface area contributed by atoms with Gasteiger partial charge in [-0.3, -0.25) is 38.8 Å². The molecule has 8 heterocycles. The highest BCUT2D eigenvalue weighted by molar-refractivity contribution is 9.11. The first kappa shape index (κ1) is 116. The van der Waals surface area contributed by atoms with Crippen LogP contribution in [-0.4, -0.2) is 102 Å². The largest absolute Gasteiger partial charge is 0.491 e. The molecular formula is C98H98Br4Cl18N4O12. The van der Waals surface area contributed by atoms with E-state index in [0.717, 1.165) is 172 Å². The minimum absolute atomic E-state index is 0.299. The van der Waals surface area contributed by atoms with Gasteiger partial charge in [0.25, 0.3) is 23.6 Å². The number of benzene rings is 8. The SMILES string of the molecule is ClC(Cl)Cl.ClC(Cl)Cl.ClC(Cl)Cl.ClC(Cl)Cl.ClC(Cl)Cl.ClC(Cl)Cl.O=C1C2=C(c3ccc(Br)cc3)N3C(=O)C2=C(c2ccc(Br)cc2)N1c1c2cccc1OCCCCCCCCOc1cccc(c13)OCCCCCCCCO2.O=C1C2=C(c3ccc(Br)cc3)N3C(=O)C2=C(c2ccc(Br)cc2)N1c1c2cccc1OCCCCCCCCOc1cccc(c13)OCCCCCCCCO2. The molecule has 136 heavy (non-hydrogen) atoms. The minimum Gasteiger partial charge on any atom is -0.491 e. The van der Waals surface area contributed by atoms with Crippen LogP contribution in [-0.2, 0) is 19.2 Å². The van der Waals surface area contributed by atoms with Crippen molar-refractivity contribution in [3.05, 3.63) is 232 Å². The Balaban J connectivity index is 0.000000246. The molecule has 0 spiro atoms.